The van der Waals surface area contributed by atoms with Crippen molar-refractivity contribution >= 4 is 48.9 Å². The number of imidazole rings is 1. The van der Waals surface area contributed by atoms with E-state index in [0.29, 0.717) is 10.8 Å². The molecule has 1 N–H and O–H groups in total. The van der Waals surface area contributed by atoms with Crippen LogP contribution in [0, 0.1) is 6.92 Å². The Balaban J connectivity index is 1.47. The second kappa shape index (κ2) is 6.29. The lowest BCUT2D eigenvalue weighted by molar-refractivity contribution is 0.102. The van der Waals surface area contributed by atoms with Crippen LogP contribution in [0.3, 0.4) is 0 Å². The number of anilines is 1. The van der Waals surface area contributed by atoms with Gasteiger partial charge in [-0.2, -0.15) is 0 Å². The molecule has 0 unspecified atom stereocenters. The average molecular weight is 390 g/mol. The number of aromatic nitrogens is 3. The largest absolute Gasteiger partial charge is 0.296 e. The number of benzene rings is 2. The van der Waals surface area contributed by atoms with E-state index in [2.05, 4.69) is 21.4 Å². The lowest BCUT2D eigenvalue weighted by Crippen LogP contribution is -2.13. The second-order valence-electron chi connectivity index (χ2n) is 6.21. The van der Waals surface area contributed by atoms with Crippen molar-refractivity contribution in [3.05, 3.63) is 71.4 Å². The van der Waals surface area contributed by atoms with E-state index in [0.717, 1.165) is 26.4 Å². The Bertz CT molecular complexity index is 1280. The van der Waals surface area contributed by atoms with E-state index in [1.165, 1.54) is 28.2 Å². The number of rotatable bonds is 3. The van der Waals surface area contributed by atoms with Gasteiger partial charge >= 0.3 is 0 Å². The summed E-state index contributed by atoms with van der Waals surface area (Å²) in [4.78, 5) is 22.7. The van der Waals surface area contributed by atoms with Crippen LogP contribution in [0.4, 0.5) is 5.13 Å². The van der Waals surface area contributed by atoms with Crippen LogP contribution >= 0.6 is 22.7 Å². The lowest BCUT2D eigenvalue weighted by Gasteiger charge is -1.99. The highest BCUT2D eigenvalue weighted by Gasteiger charge is 2.17. The molecule has 0 bridgehead atoms. The van der Waals surface area contributed by atoms with Gasteiger partial charge in [0.05, 0.1) is 15.9 Å². The summed E-state index contributed by atoms with van der Waals surface area (Å²) in [5, 5.41) is 5.34. The van der Waals surface area contributed by atoms with Gasteiger partial charge in [-0.25, -0.2) is 9.97 Å². The summed E-state index contributed by atoms with van der Waals surface area (Å²) in [5.74, 6) is -0.186. The van der Waals surface area contributed by atoms with Crippen molar-refractivity contribution in [3.8, 4) is 11.3 Å². The Morgan fingerprint density at radius 3 is 2.81 bits per heavy atom. The first-order valence-corrected chi connectivity index (χ1v) is 10.1. The number of hydrogen-bond donors (Lipinski definition) is 1. The molecule has 0 aliphatic rings. The van der Waals surface area contributed by atoms with E-state index >= 15 is 0 Å². The van der Waals surface area contributed by atoms with Crippen LogP contribution in [0.25, 0.3) is 26.4 Å². The van der Waals surface area contributed by atoms with Gasteiger partial charge in [0.2, 0.25) is 0 Å². The van der Waals surface area contributed by atoms with Crippen LogP contribution in [0.5, 0.6) is 0 Å². The van der Waals surface area contributed by atoms with Crippen molar-refractivity contribution in [2.45, 2.75) is 6.92 Å². The van der Waals surface area contributed by atoms with Crippen molar-refractivity contribution in [3.63, 3.8) is 0 Å². The highest BCUT2D eigenvalue weighted by Crippen LogP contribution is 2.28. The minimum Gasteiger partial charge on any atom is -0.296 e. The van der Waals surface area contributed by atoms with Gasteiger partial charge in [-0.05, 0) is 24.6 Å². The maximum Gasteiger partial charge on any atom is 0.275 e. The molecule has 3 aromatic heterocycles. The topological polar surface area (TPSA) is 59.3 Å². The van der Waals surface area contributed by atoms with Crippen LogP contribution in [-0.4, -0.2) is 20.3 Å². The van der Waals surface area contributed by atoms with Crippen LogP contribution < -0.4 is 5.32 Å². The molecule has 0 spiro atoms. The molecule has 0 aliphatic carbocycles. The number of nitrogens with zero attached hydrogens (tertiary/aromatic N) is 3. The Hall–Kier alpha value is -3.03. The SMILES string of the molecule is Cc1ccc2nc(NC(=O)c3csc4nc(-c5ccccc5)cn34)sc2c1. The first-order chi connectivity index (χ1) is 13.2. The molecule has 0 saturated carbocycles. The van der Waals surface area contributed by atoms with Crippen LogP contribution in [0.2, 0.25) is 0 Å². The molecule has 2 aromatic carbocycles. The van der Waals surface area contributed by atoms with E-state index < -0.39 is 0 Å². The molecule has 0 radical (unpaired) electrons. The summed E-state index contributed by atoms with van der Waals surface area (Å²) in [7, 11) is 0. The van der Waals surface area contributed by atoms with Gasteiger partial charge in [0.1, 0.15) is 5.69 Å². The number of amides is 1. The van der Waals surface area contributed by atoms with E-state index in [9.17, 15) is 4.79 Å². The molecule has 0 atom stereocenters. The van der Waals surface area contributed by atoms with Crippen molar-refractivity contribution < 1.29 is 4.79 Å². The molecule has 3 heterocycles. The van der Waals surface area contributed by atoms with E-state index in [1.54, 1.807) is 0 Å². The molecule has 132 valence electrons. The summed E-state index contributed by atoms with van der Waals surface area (Å²) in [5.41, 5.74) is 4.51. The quantitative estimate of drug-likeness (QED) is 0.459. The molecular weight excluding hydrogens is 376 g/mol. The lowest BCUT2D eigenvalue weighted by atomic mass is 10.2. The molecule has 0 fully saturated rings. The number of aryl methyl sites for hydroxylation is 1. The van der Waals surface area contributed by atoms with Gasteiger partial charge in [-0.15, -0.1) is 11.3 Å². The maximum atomic E-state index is 12.8. The van der Waals surface area contributed by atoms with Crippen molar-refractivity contribution in [2.24, 2.45) is 0 Å². The Morgan fingerprint density at radius 1 is 1.11 bits per heavy atom. The number of thiazole rings is 2. The zero-order valence-corrected chi connectivity index (χ0v) is 16.0. The molecule has 27 heavy (non-hydrogen) atoms. The van der Waals surface area contributed by atoms with Gasteiger partial charge in [0.15, 0.2) is 10.1 Å². The number of hydrogen-bond acceptors (Lipinski definition) is 5. The van der Waals surface area contributed by atoms with Gasteiger partial charge in [0.25, 0.3) is 5.91 Å². The number of fused-ring (bicyclic) bond motifs is 2. The standard InChI is InChI=1S/C20H14N4OS2/c1-12-7-8-14-17(9-12)27-19(21-14)23-18(25)16-11-26-20-22-15(10-24(16)20)13-5-3-2-4-6-13/h2-11H,1H3,(H,21,23,25). The Morgan fingerprint density at radius 2 is 1.96 bits per heavy atom. The molecule has 5 rings (SSSR count). The van der Waals surface area contributed by atoms with Gasteiger partial charge < -0.3 is 0 Å². The average Bonchev–Trinajstić information content (AvgIpc) is 3.35. The van der Waals surface area contributed by atoms with E-state index in [1.807, 2.05) is 65.4 Å². The van der Waals surface area contributed by atoms with Gasteiger partial charge in [0, 0.05) is 17.1 Å². The van der Waals surface area contributed by atoms with Crippen LogP contribution in [-0.2, 0) is 0 Å². The molecule has 5 aromatic rings. The van der Waals surface area contributed by atoms with Crippen molar-refractivity contribution in [1.82, 2.24) is 14.4 Å². The second-order valence-corrected chi connectivity index (χ2v) is 8.08. The van der Waals surface area contributed by atoms with E-state index in [-0.39, 0.29) is 5.91 Å². The highest BCUT2D eigenvalue weighted by molar-refractivity contribution is 7.22. The summed E-state index contributed by atoms with van der Waals surface area (Å²) < 4.78 is 2.90. The minimum absolute atomic E-state index is 0.186. The summed E-state index contributed by atoms with van der Waals surface area (Å²) >= 11 is 2.93. The summed E-state index contributed by atoms with van der Waals surface area (Å²) in [6.45, 7) is 2.04. The monoisotopic (exact) mass is 390 g/mol. The Kier molecular flexibility index (Phi) is 3.77. The first-order valence-electron chi connectivity index (χ1n) is 8.38. The molecule has 1 amide bonds. The van der Waals surface area contributed by atoms with E-state index in [4.69, 9.17) is 0 Å². The molecule has 5 nitrogen and oxygen atoms in total. The molecule has 7 heteroatoms. The molecule has 0 aliphatic heterocycles. The molecular formula is C20H14N4OS2. The third-order valence-electron chi connectivity index (χ3n) is 4.28. The third kappa shape index (κ3) is 2.90. The van der Waals surface area contributed by atoms with Gasteiger partial charge in [-0.3, -0.25) is 14.5 Å². The van der Waals surface area contributed by atoms with Crippen LogP contribution in [0.15, 0.2) is 60.1 Å². The van der Waals surface area contributed by atoms with Crippen molar-refractivity contribution in [2.75, 3.05) is 5.32 Å². The number of nitrogens with one attached hydrogen (secondary N) is 1. The molecule has 0 saturated heterocycles. The Labute approximate surface area is 163 Å². The predicted molar refractivity (Wildman–Crippen MR) is 111 cm³/mol. The smallest absolute Gasteiger partial charge is 0.275 e. The normalized spacial score (nSPS) is 11.3. The minimum atomic E-state index is -0.186. The van der Waals surface area contributed by atoms with Gasteiger partial charge in [-0.1, -0.05) is 47.7 Å². The van der Waals surface area contributed by atoms with Crippen molar-refractivity contribution in [1.29, 1.82) is 0 Å². The fourth-order valence-electron chi connectivity index (χ4n) is 2.94. The third-order valence-corrected chi connectivity index (χ3v) is 6.05. The zero-order chi connectivity index (χ0) is 18.4. The fraction of sp³-hybridized carbons (Fsp3) is 0.0500. The fourth-order valence-corrected chi connectivity index (χ4v) is 4.75. The first kappa shape index (κ1) is 16.2. The zero-order valence-electron chi connectivity index (χ0n) is 14.3. The highest BCUT2D eigenvalue weighted by atomic mass is 32.1. The summed E-state index contributed by atoms with van der Waals surface area (Å²) in [6, 6.07) is 16.0. The summed E-state index contributed by atoms with van der Waals surface area (Å²) in [6.07, 6.45) is 1.90. The number of carbonyl (C=O) groups excluding carboxylic acids is 1. The maximum absolute atomic E-state index is 12.8. The number of carbonyl (C=O) groups is 1. The predicted octanol–water partition coefficient (Wildman–Crippen LogP) is 5.23. The van der Waals surface area contributed by atoms with Crippen LogP contribution in [0.1, 0.15) is 16.1 Å².